The summed E-state index contributed by atoms with van der Waals surface area (Å²) < 4.78 is 15.7. The molecule has 0 aliphatic heterocycles. The van der Waals surface area contributed by atoms with Gasteiger partial charge >= 0.3 is 5.63 Å². The number of nitrogens with one attached hydrogen (secondary N) is 1. The molecule has 150 valence electrons. The Labute approximate surface area is 171 Å². The van der Waals surface area contributed by atoms with Crippen molar-refractivity contribution in [3.05, 3.63) is 83.0 Å². The average Bonchev–Trinajstić information content (AvgIpc) is 2.78. The van der Waals surface area contributed by atoms with E-state index in [1.807, 2.05) is 12.1 Å². The van der Waals surface area contributed by atoms with E-state index in [-0.39, 0.29) is 5.56 Å². The fraction of sp³-hybridized carbons (Fsp3) is 0.0870. The quantitative estimate of drug-likeness (QED) is 0.505. The minimum Gasteiger partial charge on any atom is -0.495 e. The topological polar surface area (TPSA) is 90.7 Å². The van der Waals surface area contributed by atoms with Crippen molar-refractivity contribution in [1.82, 2.24) is 4.98 Å². The molecule has 0 saturated carbocycles. The number of hydrogen-bond acceptors (Lipinski definition) is 6. The van der Waals surface area contributed by atoms with Gasteiger partial charge in [0.05, 0.1) is 20.4 Å². The van der Waals surface area contributed by atoms with Gasteiger partial charge in [-0.15, -0.1) is 0 Å². The molecule has 0 radical (unpaired) electrons. The third-order valence-electron chi connectivity index (χ3n) is 4.59. The van der Waals surface area contributed by atoms with Gasteiger partial charge in [-0.2, -0.15) is 0 Å². The summed E-state index contributed by atoms with van der Waals surface area (Å²) in [5, 5.41) is 3.34. The molecule has 1 amide bonds. The van der Waals surface area contributed by atoms with Gasteiger partial charge in [-0.05, 0) is 35.9 Å². The van der Waals surface area contributed by atoms with Gasteiger partial charge in [0.15, 0.2) is 11.3 Å². The van der Waals surface area contributed by atoms with Crippen molar-refractivity contribution >= 4 is 22.6 Å². The van der Waals surface area contributed by atoms with Crippen molar-refractivity contribution in [2.75, 3.05) is 19.5 Å². The van der Waals surface area contributed by atoms with E-state index in [4.69, 9.17) is 13.9 Å². The summed E-state index contributed by atoms with van der Waals surface area (Å²) in [7, 11) is 3.06. The SMILES string of the molecule is COc1cncc(-c2cccc(NC(=O)c3cc4cccc(OC)c4oc3=O)c2)c1. The normalized spacial score (nSPS) is 10.6. The van der Waals surface area contributed by atoms with Crippen LogP contribution in [0.4, 0.5) is 5.69 Å². The lowest BCUT2D eigenvalue weighted by molar-refractivity contribution is 0.102. The maximum atomic E-state index is 12.7. The number of pyridine rings is 1. The van der Waals surface area contributed by atoms with Gasteiger partial charge in [0.25, 0.3) is 5.91 Å². The summed E-state index contributed by atoms with van der Waals surface area (Å²) in [6.45, 7) is 0. The molecule has 4 rings (SSSR count). The van der Waals surface area contributed by atoms with Crippen LogP contribution in [0, 0.1) is 0 Å². The first-order valence-electron chi connectivity index (χ1n) is 9.11. The molecule has 7 nitrogen and oxygen atoms in total. The first-order valence-corrected chi connectivity index (χ1v) is 9.11. The number of rotatable bonds is 5. The standard InChI is InChI=1S/C23H18N2O5/c1-28-18-10-16(12-24-13-18)14-5-3-7-17(9-14)25-22(26)19-11-15-6-4-8-20(29-2)21(15)30-23(19)27/h3-13H,1-2H3,(H,25,26). The van der Waals surface area contributed by atoms with Crippen LogP contribution in [0.15, 0.2) is 76.2 Å². The number of hydrogen-bond donors (Lipinski definition) is 1. The summed E-state index contributed by atoms with van der Waals surface area (Å²) in [5.41, 5.74) is 1.68. The van der Waals surface area contributed by atoms with Gasteiger partial charge in [0.1, 0.15) is 11.3 Å². The largest absolute Gasteiger partial charge is 0.495 e. The van der Waals surface area contributed by atoms with Crippen molar-refractivity contribution in [2.24, 2.45) is 0 Å². The molecular formula is C23H18N2O5. The third-order valence-corrected chi connectivity index (χ3v) is 4.59. The Hall–Kier alpha value is -4.13. The van der Waals surface area contributed by atoms with Gasteiger partial charge in [-0.3, -0.25) is 9.78 Å². The lowest BCUT2D eigenvalue weighted by atomic mass is 10.1. The smallest absolute Gasteiger partial charge is 0.349 e. The Kier molecular flexibility index (Phi) is 5.17. The molecule has 2 aromatic carbocycles. The molecule has 0 spiro atoms. The van der Waals surface area contributed by atoms with Crippen LogP contribution in [0.2, 0.25) is 0 Å². The van der Waals surface area contributed by atoms with E-state index in [9.17, 15) is 9.59 Å². The Bertz CT molecular complexity index is 1300. The first-order chi connectivity index (χ1) is 14.6. The molecule has 2 heterocycles. The number of amides is 1. The van der Waals surface area contributed by atoms with Crippen LogP contribution in [0.1, 0.15) is 10.4 Å². The van der Waals surface area contributed by atoms with Gasteiger partial charge in [-0.1, -0.05) is 24.3 Å². The zero-order valence-corrected chi connectivity index (χ0v) is 16.3. The fourth-order valence-electron chi connectivity index (χ4n) is 3.10. The highest BCUT2D eigenvalue weighted by Crippen LogP contribution is 2.26. The molecule has 0 fully saturated rings. The molecule has 7 heteroatoms. The molecule has 0 atom stereocenters. The summed E-state index contributed by atoms with van der Waals surface area (Å²) >= 11 is 0. The molecule has 2 aromatic heterocycles. The molecule has 1 N–H and O–H groups in total. The second kappa shape index (κ2) is 8.08. The van der Waals surface area contributed by atoms with Crippen LogP contribution in [0.3, 0.4) is 0 Å². The van der Waals surface area contributed by atoms with E-state index < -0.39 is 11.5 Å². The molecule has 0 bridgehead atoms. The fourth-order valence-corrected chi connectivity index (χ4v) is 3.10. The van der Waals surface area contributed by atoms with Crippen molar-refractivity contribution in [3.8, 4) is 22.6 Å². The summed E-state index contributed by atoms with van der Waals surface area (Å²) in [6.07, 6.45) is 3.32. The molecular weight excluding hydrogens is 384 g/mol. The molecule has 0 aliphatic rings. The number of carbonyl (C=O) groups excluding carboxylic acids is 1. The van der Waals surface area contributed by atoms with Crippen LogP contribution in [-0.2, 0) is 0 Å². The lowest BCUT2D eigenvalue weighted by Crippen LogP contribution is -2.20. The summed E-state index contributed by atoms with van der Waals surface area (Å²) in [6, 6.07) is 15.8. The Morgan fingerprint density at radius 2 is 1.80 bits per heavy atom. The number of para-hydroxylation sites is 1. The number of fused-ring (bicyclic) bond motifs is 1. The number of carbonyl (C=O) groups is 1. The molecule has 0 aliphatic carbocycles. The monoisotopic (exact) mass is 402 g/mol. The minimum absolute atomic E-state index is 0.0933. The Balaban J connectivity index is 1.64. The summed E-state index contributed by atoms with van der Waals surface area (Å²) in [4.78, 5) is 29.3. The second-order valence-corrected chi connectivity index (χ2v) is 6.47. The predicted molar refractivity (Wildman–Crippen MR) is 113 cm³/mol. The number of ether oxygens (including phenoxy) is 2. The number of anilines is 1. The van der Waals surface area contributed by atoms with E-state index in [0.717, 1.165) is 11.1 Å². The average molecular weight is 402 g/mol. The number of methoxy groups -OCH3 is 2. The van der Waals surface area contributed by atoms with Crippen LogP contribution in [0.5, 0.6) is 11.5 Å². The zero-order valence-electron chi connectivity index (χ0n) is 16.3. The number of nitrogens with zero attached hydrogens (tertiary/aromatic N) is 1. The van der Waals surface area contributed by atoms with Crippen molar-refractivity contribution in [1.29, 1.82) is 0 Å². The third kappa shape index (κ3) is 3.73. The van der Waals surface area contributed by atoms with Gasteiger partial charge < -0.3 is 19.2 Å². The van der Waals surface area contributed by atoms with Gasteiger partial charge in [0, 0.05) is 22.8 Å². The van der Waals surface area contributed by atoms with Gasteiger partial charge in [0.2, 0.25) is 0 Å². The van der Waals surface area contributed by atoms with E-state index in [0.29, 0.717) is 28.2 Å². The van der Waals surface area contributed by atoms with E-state index in [1.165, 1.54) is 13.2 Å². The second-order valence-electron chi connectivity index (χ2n) is 6.47. The van der Waals surface area contributed by atoms with Crippen molar-refractivity contribution < 1.29 is 18.7 Å². The Morgan fingerprint density at radius 3 is 2.60 bits per heavy atom. The highest BCUT2D eigenvalue weighted by molar-refractivity contribution is 6.05. The zero-order chi connectivity index (χ0) is 21.1. The number of aromatic nitrogens is 1. The van der Waals surface area contributed by atoms with Gasteiger partial charge in [-0.25, -0.2) is 4.79 Å². The van der Waals surface area contributed by atoms with E-state index >= 15 is 0 Å². The highest BCUT2D eigenvalue weighted by atomic mass is 16.5. The van der Waals surface area contributed by atoms with Crippen LogP contribution >= 0.6 is 0 Å². The lowest BCUT2D eigenvalue weighted by Gasteiger charge is -2.09. The predicted octanol–water partition coefficient (Wildman–Crippen LogP) is 4.12. The first kappa shape index (κ1) is 19.2. The highest BCUT2D eigenvalue weighted by Gasteiger charge is 2.16. The molecule has 30 heavy (non-hydrogen) atoms. The van der Waals surface area contributed by atoms with Crippen LogP contribution < -0.4 is 20.4 Å². The van der Waals surface area contributed by atoms with E-state index in [2.05, 4.69) is 10.3 Å². The van der Waals surface area contributed by atoms with Crippen molar-refractivity contribution in [2.45, 2.75) is 0 Å². The number of benzene rings is 2. The van der Waals surface area contributed by atoms with Crippen molar-refractivity contribution in [3.63, 3.8) is 0 Å². The maximum Gasteiger partial charge on any atom is 0.349 e. The van der Waals surface area contributed by atoms with E-state index in [1.54, 1.807) is 55.9 Å². The summed E-state index contributed by atoms with van der Waals surface area (Å²) in [5.74, 6) is 0.497. The van der Waals surface area contributed by atoms with Crippen LogP contribution in [-0.4, -0.2) is 25.1 Å². The van der Waals surface area contributed by atoms with Crippen LogP contribution in [0.25, 0.3) is 22.1 Å². The maximum absolute atomic E-state index is 12.7. The Morgan fingerprint density at radius 1 is 0.967 bits per heavy atom. The molecule has 0 unspecified atom stereocenters. The minimum atomic E-state index is -0.738. The molecule has 4 aromatic rings. The molecule has 0 saturated heterocycles.